The number of ether oxygens (including phenoxy) is 1. The molecule has 1 aliphatic rings. The molecule has 2 heterocycles. The summed E-state index contributed by atoms with van der Waals surface area (Å²) in [6.07, 6.45) is 1.80. The Morgan fingerprint density at radius 3 is 3.08 bits per heavy atom. The van der Waals surface area contributed by atoms with Gasteiger partial charge in [-0.05, 0) is 37.1 Å². The Bertz CT molecular complexity index is 341. The molecule has 0 radical (unpaired) electrons. The van der Waals surface area contributed by atoms with Gasteiger partial charge in [-0.1, -0.05) is 0 Å². The minimum Gasteiger partial charge on any atom is -0.487 e. The van der Waals surface area contributed by atoms with Gasteiger partial charge in [-0.15, -0.1) is 0 Å². The van der Waals surface area contributed by atoms with Gasteiger partial charge in [-0.25, -0.2) is 0 Å². The lowest BCUT2D eigenvalue weighted by Gasteiger charge is -2.18. The van der Waals surface area contributed by atoms with Crippen molar-refractivity contribution in [2.24, 2.45) is 0 Å². The summed E-state index contributed by atoms with van der Waals surface area (Å²) in [7, 11) is 0. The molecule has 2 heteroatoms. The number of fused-ring (bicyclic) bond motifs is 1. The molecule has 0 saturated carbocycles. The lowest BCUT2D eigenvalue weighted by atomic mass is 10.1. The average molecular weight is 161 g/mol. The number of hydrogen-bond donors (Lipinski definition) is 0. The summed E-state index contributed by atoms with van der Waals surface area (Å²) < 4.78 is 5.49. The average Bonchev–Trinajstić information content (AvgIpc) is 2.12. The summed E-state index contributed by atoms with van der Waals surface area (Å²) in [5.74, 6) is 0.903. The molecule has 0 N–H and O–H groups in total. The van der Waals surface area contributed by atoms with Gasteiger partial charge in [0.2, 0.25) is 0 Å². The first-order valence-electron chi connectivity index (χ1n) is 4.03. The molecule has 0 fully saturated rings. The monoisotopic (exact) mass is 161 g/mol. The highest BCUT2D eigenvalue weighted by Gasteiger charge is 2.14. The number of aromatic nitrogens is 1. The molecule has 0 unspecified atom stereocenters. The van der Waals surface area contributed by atoms with Gasteiger partial charge in [0, 0.05) is 6.20 Å². The molecular formula is C10H11NO. The Labute approximate surface area is 71.9 Å². The van der Waals surface area contributed by atoms with Gasteiger partial charge in [-0.3, -0.25) is 4.98 Å². The third kappa shape index (κ3) is 0.998. The van der Waals surface area contributed by atoms with E-state index in [0.717, 1.165) is 11.4 Å². The molecule has 1 aromatic heterocycles. The Kier molecular flexibility index (Phi) is 1.61. The van der Waals surface area contributed by atoms with Crippen LogP contribution in [0.1, 0.15) is 19.5 Å². The second kappa shape index (κ2) is 2.63. The SMILES string of the molecule is CC1=C(C)c2ncccc2OC1. The van der Waals surface area contributed by atoms with Crippen molar-refractivity contribution in [3.8, 4) is 5.75 Å². The molecule has 2 nitrogen and oxygen atoms in total. The predicted molar refractivity (Wildman–Crippen MR) is 48.0 cm³/mol. The van der Waals surface area contributed by atoms with Crippen LogP contribution in [0.3, 0.4) is 0 Å². The fraction of sp³-hybridized carbons (Fsp3) is 0.300. The number of nitrogens with zero attached hydrogens (tertiary/aromatic N) is 1. The lowest BCUT2D eigenvalue weighted by molar-refractivity contribution is 0.344. The molecule has 0 bridgehead atoms. The first-order valence-corrected chi connectivity index (χ1v) is 4.03. The van der Waals surface area contributed by atoms with Crippen LogP contribution in [0, 0.1) is 0 Å². The van der Waals surface area contributed by atoms with E-state index in [9.17, 15) is 0 Å². The van der Waals surface area contributed by atoms with Crippen molar-refractivity contribution in [1.82, 2.24) is 4.98 Å². The Hall–Kier alpha value is -1.31. The predicted octanol–water partition coefficient (Wildman–Crippen LogP) is 2.27. The quantitative estimate of drug-likeness (QED) is 0.582. The molecule has 0 spiro atoms. The molecule has 62 valence electrons. The Balaban J connectivity index is 2.59. The van der Waals surface area contributed by atoms with E-state index in [4.69, 9.17) is 4.74 Å². The summed E-state index contributed by atoms with van der Waals surface area (Å²) in [5, 5.41) is 0. The van der Waals surface area contributed by atoms with Gasteiger partial charge in [0.1, 0.15) is 18.1 Å². The summed E-state index contributed by atoms with van der Waals surface area (Å²) in [4.78, 5) is 4.27. The van der Waals surface area contributed by atoms with E-state index >= 15 is 0 Å². The maximum Gasteiger partial charge on any atom is 0.145 e. The van der Waals surface area contributed by atoms with E-state index < -0.39 is 0 Å². The van der Waals surface area contributed by atoms with Crippen LogP contribution in [0.2, 0.25) is 0 Å². The van der Waals surface area contributed by atoms with Crippen LogP contribution in [0.25, 0.3) is 5.57 Å². The summed E-state index contributed by atoms with van der Waals surface area (Å²) in [6.45, 7) is 4.86. The minimum absolute atomic E-state index is 0.699. The first-order chi connectivity index (χ1) is 5.79. The smallest absolute Gasteiger partial charge is 0.145 e. The van der Waals surface area contributed by atoms with Crippen LogP contribution in [0.15, 0.2) is 23.9 Å². The molecule has 0 aromatic carbocycles. The fourth-order valence-electron chi connectivity index (χ4n) is 1.29. The second-order valence-electron chi connectivity index (χ2n) is 3.04. The molecule has 12 heavy (non-hydrogen) atoms. The number of pyridine rings is 1. The van der Waals surface area contributed by atoms with E-state index in [1.807, 2.05) is 12.1 Å². The number of allylic oxidation sites excluding steroid dienone is 1. The number of hydrogen-bond acceptors (Lipinski definition) is 2. The van der Waals surface area contributed by atoms with Crippen LogP contribution in [-0.2, 0) is 0 Å². The van der Waals surface area contributed by atoms with Crippen LogP contribution in [0.5, 0.6) is 5.75 Å². The largest absolute Gasteiger partial charge is 0.487 e. The maximum absolute atomic E-state index is 5.49. The Morgan fingerprint density at radius 1 is 1.42 bits per heavy atom. The van der Waals surface area contributed by atoms with Crippen molar-refractivity contribution in [3.05, 3.63) is 29.6 Å². The standard InChI is InChI=1S/C10H11NO/c1-7-6-12-9-4-3-5-11-10(9)8(7)2/h3-5H,6H2,1-2H3. The van der Waals surface area contributed by atoms with Crippen LogP contribution < -0.4 is 4.74 Å². The van der Waals surface area contributed by atoms with Gasteiger partial charge in [0.25, 0.3) is 0 Å². The van der Waals surface area contributed by atoms with Gasteiger partial charge >= 0.3 is 0 Å². The number of rotatable bonds is 0. The first kappa shape index (κ1) is 7.35. The van der Waals surface area contributed by atoms with E-state index in [0.29, 0.717) is 6.61 Å². The molecule has 0 amide bonds. The normalized spacial score (nSPS) is 15.5. The molecule has 1 aliphatic heterocycles. The van der Waals surface area contributed by atoms with Gasteiger partial charge in [0.05, 0.1) is 0 Å². The second-order valence-corrected chi connectivity index (χ2v) is 3.04. The molecule has 2 rings (SSSR count). The van der Waals surface area contributed by atoms with Crippen molar-refractivity contribution < 1.29 is 4.74 Å². The van der Waals surface area contributed by atoms with Crippen molar-refractivity contribution >= 4 is 5.57 Å². The van der Waals surface area contributed by atoms with E-state index in [-0.39, 0.29) is 0 Å². The van der Waals surface area contributed by atoms with Crippen molar-refractivity contribution in [3.63, 3.8) is 0 Å². The van der Waals surface area contributed by atoms with Crippen molar-refractivity contribution in [1.29, 1.82) is 0 Å². The van der Waals surface area contributed by atoms with Crippen LogP contribution in [-0.4, -0.2) is 11.6 Å². The molecular weight excluding hydrogens is 150 g/mol. The zero-order valence-corrected chi connectivity index (χ0v) is 7.29. The Morgan fingerprint density at radius 2 is 2.25 bits per heavy atom. The highest BCUT2D eigenvalue weighted by Crippen LogP contribution is 2.29. The zero-order chi connectivity index (χ0) is 8.55. The van der Waals surface area contributed by atoms with E-state index in [2.05, 4.69) is 18.8 Å². The zero-order valence-electron chi connectivity index (χ0n) is 7.29. The van der Waals surface area contributed by atoms with Gasteiger partial charge in [0.15, 0.2) is 0 Å². The van der Waals surface area contributed by atoms with E-state index in [1.54, 1.807) is 6.20 Å². The van der Waals surface area contributed by atoms with Crippen molar-refractivity contribution in [2.45, 2.75) is 13.8 Å². The third-order valence-corrected chi connectivity index (χ3v) is 2.21. The molecule has 0 aliphatic carbocycles. The highest BCUT2D eigenvalue weighted by molar-refractivity contribution is 5.70. The van der Waals surface area contributed by atoms with Crippen LogP contribution >= 0.6 is 0 Å². The lowest BCUT2D eigenvalue weighted by Crippen LogP contribution is -2.09. The molecule has 1 aromatic rings. The van der Waals surface area contributed by atoms with Gasteiger partial charge in [-0.2, -0.15) is 0 Å². The topological polar surface area (TPSA) is 22.1 Å². The van der Waals surface area contributed by atoms with Gasteiger partial charge < -0.3 is 4.74 Å². The van der Waals surface area contributed by atoms with Crippen LogP contribution in [0.4, 0.5) is 0 Å². The van der Waals surface area contributed by atoms with E-state index in [1.165, 1.54) is 11.1 Å². The molecule has 0 saturated heterocycles. The minimum atomic E-state index is 0.699. The molecule has 0 atom stereocenters. The van der Waals surface area contributed by atoms with Crippen molar-refractivity contribution in [2.75, 3.05) is 6.61 Å². The summed E-state index contributed by atoms with van der Waals surface area (Å²) >= 11 is 0. The fourth-order valence-corrected chi connectivity index (χ4v) is 1.29. The highest BCUT2D eigenvalue weighted by atomic mass is 16.5. The third-order valence-electron chi connectivity index (χ3n) is 2.21. The summed E-state index contributed by atoms with van der Waals surface area (Å²) in [5.41, 5.74) is 3.50. The maximum atomic E-state index is 5.49. The summed E-state index contributed by atoms with van der Waals surface area (Å²) in [6, 6.07) is 3.85.